The monoisotopic (exact) mass is 119 g/mol. The third-order valence-corrected chi connectivity index (χ3v) is 0.997. The van der Waals surface area contributed by atoms with Crippen LogP contribution in [0.4, 0.5) is 0 Å². The molecule has 0 spiro atoms. The topological polar surface area (TPSA) is 12.4 Å². The Kier molecular flexibility index (Phi) is 2.95. The zero-order chi connectivity index (χ0) is 5.33. The van der Waals surface area contributed by atoms with Gasteiger partial charge in [-0.05, 0) is 19.9 Å². The minimum atomic E-state index is 0. The van der Waals surface area contributed by atoms with Gasteiger partial charge in [-0.15, -0.1) is 0 Å². The Morgan fingerprint density at radius 2 is 2.00 bits per heavy atom. The van der Waals surface area contributed by atoms with Crippen molar-refractivity contribution < 1.29 is 0 Å². The van der Waals surface area contributed by atoms with Crippen LogP contribution in [-0.4, -0.2) is 41.3 Å². The van der Waals surface area contributed by atoms with Gasteiger partial charge in [0.15, 0.2) is 0 Å². The van der Waals surface area contributed by atoms with Crippen LogP contribution in [0.15, 0.2) is 17.1 Å². The molecule has 1 nitrogen and oxygen atoms in total. The van der Waals surface area contributed by atoms with Crippen molar-refractivity contribution in [2.45, 2.75) is 19.4 Å². The van der Waals surface area contributed by atoms with Gasteiger partial charge in [0, 0.05) is 6.21 Å². The molecule has 0 fully saturated rings. The summed E-state index contributed by atoms with van der Waals surface area (Å²) < 4.78 is 0. The van der Waals surface area contributed by atoms with E-state index in [0.29, 0.717) is 0 Å². The Morgan fingerprint density at radius 1 is 1.38 bits per heavy atom. The number of rotatable bonds is 0. The van der Waals surface area contributed by atoms with Crippen molar-refractivity contribution in [2.24, 2.45) is 4.99 Å². The number of aliphatic imine (C=N–C) groups is 1. The van der Waals surface area contributed by atoms with Crippen molar-refractivity contribution in [3.63, 3.8) is 0 Å². The van der Waals surface area contributed by atoms with Crippen molar-refractivity contribution in [1.29, 1.82) is 0 Å². The molecular weight excluding hydrogens is 109 g/mol. The molecule has 0 aromatic heterocycles. The Morgan fingerprint density at radius 3 is 2.12 bits per heavy atom. The van der Waals surface area contributed by atoms with Crippen LogP contribution in [-0.2, 0) is 0 Å². The van der Waals surface area contributed by atoms with Gasteiger partial charge < -0.3 is 0 Å². The van der Waals surface area contributed by atoms with Crippen molar-refractivity contribution in [3.8, 4) is 0 Å². The maximum atomic E-state index is 4.13. The molecule has 0 aromatic rings. The molecule has 0 amide bonds. The summed E-state index contributed by atoms with van der Waals surface area (Å²) in [6, 6.07) is 0. The number of hydrogen-bond donors (Lipinski definition) is 0. The van der Waals surface area contributed by atoms with E-state index >= 15 is 0 Å². The van der Waals surface area contributed by atoms with E-state index < -0.39 is 0 Å². The second-order valence-corrected chi connectivity index (χ2v) is 2.29. The van der Waals surface area contributed by atoms with Gasteiger partial charge in [0.2, 0.25) is 0 Å². The molecule has 0 aliphatic carbocycles. The Labute approximate surface area is 72.2 Å². The molecule has 2 heteroatoms. The molecule has 1 aliphatic heterocycles. The van der Waals surface area contributed by atoms with E-state index in [4.69, 9.17) is 0 Å². The van der Waals surface area contributed by atoms with Crippen molar-refractivity contribution in [3.05, 3.63) is 12.2 Å². The second-order valence-electron chi connectivity index (χ2n) is 2.29. The molecule has 0 N–H and O–H groups in total. The van der Waals surface area contributed by atoms with Gasteiger partial charge in [-0.2, -0.15) is 0 Å². The molecule has 8 heavy (non-hydrogen) atoms. The van der Waals surface area contributed by atoms with Gasteiger partial charge >= 0.3 is 29.6 Å². The van der Waals surface area contributed by atoms with Gasteiger partial charge in [-0.1, -0.05) is 6.08 Å². The Hall–Kier alpha value is 0.410. The zero-order valence-electron chi connectivity index (χ0n) is 4.68. The third kappa shape index (κ3) is 2.12. The summed E-state index contributed by atoms with van der Waals surface area (Å²) in [5.41, 5.74) is 0.0833. The first-order chi connectivity index (χ1) is 3.21. The van der Waals surface area contributed by atoms with Gasteiger partial charge in [0.1, 0.15) is 0 Å². The number of hydrogen-bond acceptors (Lipinski definition) is 1. The number of nitrogens with zero attached hydrogens (tertiary/aromatic N) is 1. The minimum absolute atomic E-state index is 0. The summed E-state index contributed by atoms with van der Waals surface area (Å²) >= 11 is 0. The fourth-order valence-corrected chi connectivity index (χ4v) is 0.557. The summed E-state index contributed by atoms with van der Waals surface area (Å²) in [6.45, 7) is 4.15. The van der Waals surface area contributed by atoms with Gasteiger partial charge in [-0.25, -0.2) is 0 Å². The molecule has 1 rings (SSSR count). The molecular formula is C6H10NNa. The van der Waals surface area contributed by atoms with E-state index in [0.717, 1.165) is 0 Å². The molecule has 1 aliphatic rings. The molecule has 0 atom stereocenters. The van der Waals surface area contributed by atoms with Crippen molar-refractivity contribution >= 4 is 35.8 Å². The van der Waals surface area contributed by atoms with Crippen LogP contribution >= 0.6 is 0 Å². The number of allylic oxidation sites excluding steroid dienone is 1. The molecule has 0 unspecified atom stereocenters. The summed E-state index contributed by atoms with van der Waals surface area (Å²) in [6.07, 6.45) is 5.88. The first-order valence-electron chi connectivity index (χ1n) is 2.44. The van der Waals surface area contributed by atoms with E-state index in [2.05, 4.69) is 24.9 Å². The van der Waals surface area contributed by atoms with E-state index in [9.17, 15) is 0 Å². The normalized spacial score (nSPS) is 20.8. The zero-order valence-corrected chi connectivity index (χ0v) is 4.68. The predicted molar refractivity (Wildman–Crippen MR) is 38.9 cm³/mol. The quantitative estimate of drug-likeness (QED) is 0.417. The summed E-state index contributed by atoms with van der Waals surface area (Å²) in [7, 11) is 0. The molecule has 0 aromatic carbocycles. The van der Waals surface area contributed by atoms with Crippen LogP contribution in [0.3, 0.4) is 0 Å². The average molecular weight is 119 g/mol. The molecule has 40 valence electrons. The molecule has 0 bridgehead atoms. The Bertz CT molecular complexity index is 110. The van der Waals surface area contributed by atoms with E-state index in [1.165, 1.54) is 0 Å². The van der Waals surface area contributed by atoms with Crippen LogP contribution in [0.25, 0.3) is 0 Å². The fraction of sp³-hybridized carbons (Fsp3) is 0.500. The molecule has 0 radical (unpaired) electrons. The summed E-state index contributed by atoms with van der Waals surface area (Å²) in [4.78, 5) is 4.13. The summed E-state index contributed by atoms with van der Waals surface area (Å²) in [5.74, 6) is 0. The van der Waals surface area contributed by atoms with Crippen LogP contribution in [0.2, 0.25) is 0 Å². The Balaban J connectivity index is 0.000000490. The van der Waals surface area contributed by atoms with Gasteiger partial charge in [-0.3, -0.25) is 4.99 Å². The van der Waals surface area contributed by atoms with Crippen molar-refractivity contribution in [1.82, 2.24) is 0 Å². The van der Waals surface area contributed by atoms with Gasteiger partial charge in [0.05, 0.1) is 5.54 Å². The fourth-order valence-electron chi connectivity index (χ4n) is 0.557. The van der Waals surface area contributed by atoms with E-state index in [1.54, 1.807) is 0 Å². The van der Waals surface area contributed by atoms with Crippen molar-refractivity contribution in [2.75, 3.05) is 0 Å². The summed E-state index contributed by atoms with van der Waals surface area (Å²) in [5, 5.41) is 0. The second kappa shape index (κ2) is 2.81. The van der Waals surface area contributed by atoms with Crippen LogP contribution in [0, 0.1) is 0 Å². The van der Waals surface area contributed by atoms with E-state index in [1.807, 2.05) is 12.3 Å². The standard InChI is InChI=1S/C6H9N.Na.H/c1-6(2)4-3-5-7-6;;/h3-5H,1-2H3;;. The average Bonchev–Trinajstić information content (AvgIpc) is 1.84. The maximum absolute atomic E-state index is 4.13. The predicted octanol–water partition coefficient (Wildman–Crippen LogP) is 0.757. The van der Waals surface area contributed by atoms with Crippen LogP contribution in [0.5, 0.6) is 0 Å². The third-order valence-electron chi connectivity index (χ3n) is 0.997. The molecule has 0 saturated heterocycles. The van der Waals surface area contributed by atoms with Crippen LogP contribution in [0.1, 0.15) is 13.8 Å². The van der Waals surface area contributed by atoms with E-state index in [-0.39, 0.29) is 35.1 Å². The van der Waals surface area contributed by atoms with Gasteiger partial charge in [0.25, 0.3) is 0 Å². The molecule has 1 heterocycles. The molecule has 0 saturated carbocycles. The SMILES string of the molecule is CC1(C)C=CC=N1.[NaH]. The first-order valence-corrected chi connectivity index (χ1v) is 2.44. The van der Waals surface area contributed by atoms with Crippen LogP contribution < -0.4 is 0 Å². The first kappa shape index (κ1) is 8.41.